The monoisotopic (exact) mass is 672 g/mol. The Balaban J connectivity index is 1.09. The normalized spacial score (nSPS) is 22.0. The summed E-state index contributed by atoms with van der Waals surface area (Å²) in [7, 11) is -4.55. The third kappa shape index (κ3) is 5.85. The van der Waals surface area contributed by atoms with Crippen molar-refractivity contribution in [3.63, 3.8) is 0 Å². The van der Waals surface area contributed by atoms with Gasteiger partial charge in [0.15, 0.2) is 23.1 Å². The van der Waals surface area contributed by atoms with Crippen LogP contribution in [0.25, 0.3) is 10.9 Å². The molecule has 3 atom stereocenters. The highest BCUT2D eigenvalue weighted by Crippen LogP contribution is 2.38. The zero-order valence-corrected chi connectivity index (χ0v) is 25.5. The van der Waals surface area contributed by atoms with Crippen LogP contribution in [0.3, 0.4) is 0 Å². The fourth-order valence-corrected chi connectivity index (χ4v) is 7.15. The van der Waals surface area contributed by atoms with Gasteiger partial charge >= 0.3 is 0 Å². The van der Waals surface area contributed by atoms with Gasteiger partial charge in [-0.15, -0.1) is 0 Å². The zero-order valence-electron chi connectivity index (χ0n) is 24.7. The summed E-state index contributed by atoms with van der Waals surface area (Å²) >= 11 is 0. The maximum absolute atomic E-state index is 14.7. The lowest BCUT2D eigenvalue weighted by molar-refractivity contribution is 0.0949. The van der Waals surface area contributed by atoms with E-state index in [-0.39, 0.29) is 31.7 Å². The number of carbonyl (C=O) groups excluding carboxylic acids is 1. The zero-order chi connectivity index (χ0) is 32.9. The van der Waals surface area contributed by atoms with Crippen molar-refractivity contribution in [2.45, 2.75) is 42.1 Å². The Kier molecular flexibility index (Phi) is 7.98. The lowest BCUT2D eigenvalue weighted by Crippen LogP contribution is -2.43. The second-order valence-corrected chi connectivity index (χ2v) is 13.4. The highest BCUT2D eigenvalue weighted by molar-refractivity contribution is 7.92. The molecule has 1 amide bonds. The molecular weight excluding hydrogens is 644 g/mol. The Hall–Kier alpha value is -4.73. The molecule has 47 heavy (non-hydrogen) atoms. The van der Waals surface area contributed by atoms with E-state index in [1.807, 2.05) is 17.0 Å². The minimum atomic E-state index is -4.55. The number of hydrogen-bond donors (Lipinski definition) is 1. The molecule has 0 radical (unpaired) electrons. The van der Waals surface area contributed by atoms with Gasteiger partial charge in [0, 0.05) is 36.2 Å². The maximum atomic E-state index is 14.7. The number of anilines is 3. The Bertz CT molecular complexity index is 1990. The van der Waals surface area contributed by atoms with Gasteiger partial charge in [0.2, 0.25) is 15.3 Å². The van der Waals surface area contributed by atoms with E-state index in [0.29, 0.717) is 54.0 Å². The van der Waals surface area contributed by atoms with Crippen molar-refractivity contribution in [2.24, 2.45) is 0 Å². The second kappa shape index (κ2) is 12.1. The van der Waals surface area contributed by atoms with E-state index in [0.717, 1.165) is 17.5 Å². The summed E-state index contributed by atoms with van der Waals surface area (Å²) in [5, 5.41) is 3.31. The van der Waals surface area contributed by atoms with Gasteiger partial charge in [0.1, 0.15) is 29.7 Å². The molecule has 7 rings (SSSR count). The van der Waals surface area contributed by atoms with E-state index in [2.05, 4.69) is 15.3 Å². The Morgan fingerprint density at radius 3 is 2.66 bits per heavy atom. The van der Waals surface area contributed by atoms with Crippen LogP contribution in [0.5, 0.6) is 11.5 Å². The molecule has 1 saturated heterocycles. The summed E-state index contributed by atoms with van der Waals surface area (Å²) in [6.07, 6.45) is -0.215. The first-order chi connectivity index (χ1) is 22.6. The number of fused-ring (bicyclic) bond motifs is 3. The van der Waals surface area contributed by atoms with Crippen molar-refractivity contribution >= 4 is 44.0 Å². The molecule has 6 heterocycles. The van der Waals surface area contributed by atoms with Crippen LogP contribution in [0.1, 0.15) is 28.9 Å². The highest BCUT2D eigenvalue weighted by atomic mass is 32.2. The van der Waals surface area contributed by atoms with Gasteiger partial charge in [-0.05, 0) is 36.8 Å². The molecule has 0 aliphatic carbocycles. The van der Waals surface area contributed by atoms with Gasteiger partial charge in [-0.3, -0.25) is 9.78 Å². The van der Waals surface area contributed by atoms with Crippen molar-refractivity contribution in [1.29, 1.82) is 0 Å². The van der Waals surface area contributed by atoms with Gasteiger partial charge in [-0.25, -0.2) is 35.9 Å². The van der Waals surface area contributed by atoms with Crippen LogP contribution in [-0.4, -0.2) is 80.0 Å². The number of sulfone groups is 1. The summed E-state index contributed by atoms with van der Waals surface area (Å²) in [6, 6.07) is 8.82. The highest BCUT2D eigenvalue weighted by Gasteiger charge is 2.36. The molecular formula is C31H28F4N6O5S. The third-order valence-electron chi connectivity index (χ3n) is 8.30. The number of amides is 1. The predicted molar refractivity (Wildman–Crippen MR) is 163 cm³/mol. The predicted octanol–water partition coefficient (Wildman–Crippen LogP) is 4.36. The van der Waals surface area contributed by atoms with Crippen molar-refractivity contribution in [2.75, 3.05) is 42.6 Å². The third-order valence-corrected chi connectivity index (χ3v) is 10.1. The molecule has 0 unspecified atom stereocenters. The molecule has 1 fully saturated rings. The smallest absolute Gasteiger partial charge is 0.251 e. The van der Waals surface area contributed by atoms with Crippen molar-refractivity contribution in [3.05, 3.63) is 65.9 Å². The lowest BCUT2D eigenvalue weighted by Gasteiger charge is -2.34. The molecule has 1 N–H and O–H groups in total. The number of piperidine rings is 1. The molecule has 11 nitrogen and oxygen atoms in total. The van der Waals surface area contributed by atoms with Crippen LogP contribution in [0.15, 0.2) is 53.7 Å². The van der Waals surface area contributed by atoms with Crippen LogP contribution in [0.2, 0.25) is 0 Å². The fourth-order valence-electron chi connectivity index (χ4n) is 5.76. The number of rotatable bonds is 5. The number of alkyl halides is 3. The first-order valence-electron chi connectivity index (χ1n) is 14.9. The molecule has 4 aromatic rings. The minimum absolute atomic E-state index is 0.0605. The Morgan fingerprint density at radius 1 is 0.979 bits per heavy atom. The second-order valence-electron chi connectivity index (χ2n) is 11.4. The van der Waals surface area contributed by atoms with Crippen LogP contribution >= 0.6 is 0 Å². The van der Waals surface area contributed by atoms with E-state index in [1.54, 1.807) is 29.4 Å². The topological polar surface area (TPSA) is 127 Å². The SMILES string of the molecule is O=C(NCc1cc2nc(N3CCOc4cc(N5CC[C@H](F)[C@@H](F)C5)cnc43)ccc2cn1)c1cc(F)c2c(c1)S(=O)(=O)[C@@H](F)CCO2. The summed E-state index contributed by atoms with van der Waals surface area (Å²) in [5.74, 6) is -0.910. The molecule has 0 saturated carbocycles. The van der Waals surface area contributed by atoms with Crippen LogP contribution in [0, 0.1) is 5.82 Å². The van der Waals surface area contributed by atoms with E-state index < -0.39 is 56.5 Å². The molecule has 246 valence electrons. The van der Waals surface area contributed by atoms with E-state index in [4.69, 9.17) is 14.5 Å². The number of nitrogens with zero attached hydrogens (tertiary/aromatic N) is 5. The number of ether oxygens (including phenoxy) is 2. The number of aromatic nitrogens is 3. The largest absolute Gasteiger partial charge is 0.489 e. The molecule has 3 aromatic heterocycles. The van der Waals surface area contributed by atoms with E-state index in [9.17, 15) is 30.8 Å². The quantitative estimate of drug-likeness (QED) is 0.306. The molecule has 1 aromatic carbocycles. The number of benzene rings is 1. The summed E-state index contributed by atoms with van der Waals surface area (Å²) < 4.78 is 92.7. The van der Waals surface area contributed by atoms with Crippen molar-refractivity contribution < 1.29 is 40.2 Å². The molecule has 0 bridgehead atoms. The number of hydrogen-bond acceptors (Lipinski definition) is 10. The van der Waals surface area contributed by atoms with Crippen LogP contribution < -0.4 is 24.6 Å². The number of pyridine rings is 3. The maximum Gasteiger partial charge on any atom is 0.251 e. The molecule has 0 spiro atoms. The van der Waals surface area contributed by atoms with E-state index in [1.165, 1.54) is 0 Å². The fraction of sp³-hybridized carbons (Fsp3) is 0.355. The van der Waals surface area contributed by atoms with Gasteiger partial charge in [-0.1, -0.05) is 0 Å². The van der Waals surface area contributed by atoms with Crippen LogP contribution in [0.4, 0.5) is 34.9 Å². The summed E-state index contributed by atoms with van der Waals surface area (Å²) in [6.45, 7) is 0.681. The summed E-state index contributed by atoms with van der Waals surface area (Å²) in [4.78, 5) is 29.5. The molecule has 16 heteroatoms. The van der Waals surface area contributed by atoms with Gasteiger partial charge in [0.05, 0.1) is 49.3 Å². The Morgan fingerprint density at radius 2 is 1.83 bits per heavy atom. The lowest BCUT2D eigenvalue weighted by atomic mass is 10.1. The summed E-state index contributed by atoms with van der Waals surface area (Å²) in [5.41, 5.74) is -0.986. The van der Waals surface area contributed by atoms with Gasteiger partial charge in [-0.2, -0.15) is 0 Å². The molecule has 3 aliphatic heterocycles. The first kappa shape index (κ1) is 30.9. The average Bonchev–Trinajstić information content (AvgIpc) is 3.18. The van der Waals surface area contributed by atoms with Crippen LogP contribution in [-0.2, 0) is 16.4 Å². The van der Waals surface area contributed by atoms with Crippen molar-refractivity contribution in [1.82, 2.24) is 20.3 Å². The number of carbonyl (C=O) groups is 1. The standard InChI is InChI=1S/C31H28F4N6O5S/c32-21-3-5-40(16-23(21)34)20-12-25-30(37-15-20)41(6-8-45-25)28-2-1-17-13-36-19(11-24(17)39-28)14-38-31(42)18-9-22(33)29-26(10-18)47(43,44)27(35)4-7-46-29/h1-2,9-13,15,21,23,27H,3-8,14,16H2,(H,38,42)/t21-,23-,27+/m0/s1. The van der Waals surface area contributed by atoms with Gasteiger partial charge < -0.3 is 24.6 Å². The molecule has 3 aliphatic rings. The minimum Gasteiger partial charge on any atom is -0.489 e. The number of halogens is 4. The Labute approximate surface area is 266 Å². The first-order valence-corrected chi connectivity index (χ1v) is 16.4. The van der Waals surface area contributed by atoms with E-state index >= 15 is 0 Å². The van der Waals surface area contributed by atoms with Gasteiger partial charge in [0.25, 0.3) is 5.91 Å². The van der Waals surface area contributed by atoms with Crippen molar-refractivity contribution in [3.8, 4) is 11.5 Å². The average molecular weight is 673 g/mol. The number of nitrogens with one attached hydrogen (secondary N) is 1.